The van der Waals surface area contributed by atoms with Gasteiger partial charge in [-0.05, 0) is 52.1 Å². The summed E-state index contributed by atoms with van der Waals surface area (Å²) >= 11 is 0. The predicted molar refractivity (Wildman–Crippen MR) is 79.3 cm³/mol. The summed E-state index contributed by atoms with van der Waals surface area (Å²) in [6, 6.07) is 0.280. The molecule has 3 nitrogen and oxygen atoms in total. The molecule has 106 valence electrons. The van der Waals surface area contributed by atoms with Crippen LogP contribution in [-0.2, 0) is 0 Å². The Kier molecular flexibility index (Phi) is 6.33. The number of rotatable bonds is 7. The van der Waals surface area contributed by atoms with Gasteiger partial charge in [-0.2, -0.15) is 0 Å². The molecule has 3 heteroatoms. The van der Waals surface area contributed by atoms with E-state index in [1.807, 2.05) is 0 Å². The third kappa shape index (κ3) is 3.14. The van der Waals surface area contributed by atoms with Gasteiger partial charge in [-0.1, -0.05) is 32.4 Å². The monoisotopic (exact) mass is 253 g/mol. The summed E-state index contributed by atoms with van der Waals surface area (Å²) in [4.78, 5) is 2.53. The van der Waals surface area contributed by atoms with E-state index >= 15 is 0 Å². The molecular formula is C15H31N3. The van der Waals surface area contributed by atoms with E-state index in [0.717, 1.165) is 19.5 Å². The first-order valence-electron chi connectivity index (χ1n) is 7.54. The summed E-state index contributed by atoms with van der Waals surface area (Å²) in [5.41, 5.74) is 4.73. The first kappa shape index (κ1) is 15.7. The zero-order chi connectivity index (χ0) is 13.6. The zero-order valence-electron chi connectivity index (χ0n) is 12.6. The molecule has 0 saturated heterocycles. The van der Waals surface area contributed by atoms with Crippen molar-refractivity contribution < 1.29 is 0 Å². The molecule has 0 aliphatic heterocycles. The van der Waals surface area contributed by atoms with Crippen LogP contribution in [0.1, 0.15) is 59.8 Å². The molecule has 3 N–H and O–H groups in total. The van der Waals surface area contributed by atoms with Crippen LogP contribution in [0.3, 0.4) is 0 Å². The summed E-state index contributed by atoms with van der Waals surface area (Å²) in [6.45, 7) is 11.2. The van der Waals surface area contributed by atoms with E-state index in [1.54, 1.807) is 0 Å². The summed E-state index contributed by atoms with van der Waals surface area (Å²) < 4.78 is 0. The number of hydrogen-bond acceptors (Lipinski definition) is 3. The predicted octanol–water partition coefficient (Wildman–Crippen LogP) is 2.83. The number of hydrazine groups is 1. The van der Waals surface area contributed by atoms with E-state index in [1.165, 1.54) is 31.3 Å². The lowest BCUT2D eigenvalue weighted by atomic mass is 9.79. The average molecular weight is 253 g/mol. The van der Waals surface area contributed by atoms with Gasteiger partial charge in [0.05, 0.1) is 6.04 Å². The van der Waals surface area contributed by atoms with Crippen LogP contribution in [0.15, 0.2) is 11.6 Å². The van der Waals surface area contributed by atoms with Gasteiger partial charge in [-0.15, -0.1) is 0 Å². The van der Waals surface area contributed by atoms with Crippen LogP contribution in [0.2, 0.25) is 0 Å². The topological polar surface area (TPSA) is 41.3 Å². The highest BCUT2D eigenvalue weighted by Gasteiger charge is 2.38. The molecule has 0 aromatic carbocycles. The molecule has 0 amide bonds. The first-order valence-corrected chi connectivity index (χ1v) is 7.54. The summed E-state index contributed by atoms with van der Waals surface area (Å²) in [5, 5.41) is 0. The summed E-state index contributed by atoms with van der Waals surface area (Å²) in [6.07, 6.45) is 8.57. The standard InChI is InChI=1S/C15H31N3/c1-5-15(4,18(6-2)7-3)14(17-16)13-11-9-8-10-12-13/h11,14,17H,5-10,12,16H2,1-4H3. The van der Waals surface area contributed by atoms with E-state index in [9.17, 15) is 0 Å². The molecule has 1 aliphatic carbocycles. The Morgan fingerprint density at radius 2 is 2.00 bits per heavy atom. The van der Waals surface area contributed by atoms with Gasteiger partial charge in [0.15, 0.2) is 0 Å². The second kappa shape index (κ2) is 7.27. The van der Waals surface area contributed by atoms with Gasteiger partial charge in [0.2, 0.25) is 0 Å². The third-order valence-corrected chi connectivity index (χ3v) is 4.69. The lowest BCUT2D eigenvalue weighted by molar-refractivity contribution is 0.0809. The minimum absolute atomic E-state index is 0.113. The van der Waals surface area contributed by atoms with Crippen LogP contribution in [0.25, 0.3) is 0 Å². The maximum atomic E-state index is 5.89. The fourth-order valence-electron chi connectivity index (χ4n) is 3.37. The minimum Gasteiger partial charge on any atom is -0.297 e. The molecule has 0 bridgehead atoms. The van der Waals surface area contributed by atoms with Gasteiger partial charge >= 0.3 is 0 Å². The number of hydrogen-bond donors (Lipinski definition) is 2. The van der Waals surface area contributed by atoms with Crippen molar-refractivity contribution in [1.82, 2.24) is 10.3 Å². The molecule has 0 spiro atoms. The minimum atomic E-state index is 0.113. The highest BCUT2D eigenvalue weighted by molar-refractivity contribution is 5.20. The molecule has 0 fully saturated rings. The van der Waals surface area contributed by atoms with E-state index in [-0.39, 0.29) is 11.6 Å². The van der Waals surface area contributed by atoms with Crippen LogP contribution >= 0.6 is 0 Å². The van der Waals surface area contributed by atoms with Crippen molar-refractivity contribution in [3.05, 3.63) is 11.6 Å². The SMILES string of the molecule is CCN(CC)C(C)(CC)C(NN)C1=CCCCC1. The first-order chi connectivity index (χ1) is 8.63. The van der Waals surface area contributed by atoms with Gasteiger partial charge in [0, 0.05) is 5.54 Å². The van der Waals surface area contributed by atoms with Crippen molar-refractivity contribution in [2.45, 2.75) is 71.4 Å². The molecule has 0 aromatic heterocycles. The van der Waals surface area contributed by atoms with Crippen LogP contribution in [0.4, 0.5) is 0 Å². The second-order valence-electron chi connectivity index (χ2n) is 5.51. The quantitative estimate of drug-likeness (QED) is 0.416. The molecule has 0 aromatic rings. The number of likely N-dealkylation sites (N-methyl/N-ethyl adjacent to an activating group) is 1. The van der Waals surface area contributed by atoms with Gasteiger partial charge in [0.1, 0.15) is 0 Å². The molecule has 1 aliphatic rings. The molecule has 18 heavy (non-hydrogen) atoms. The number of allylic oxidation sites excluding steroid dienone is 1. The molecule has 0 radical (unpaired) electrons. The van der Waals surface area contributed by atoms with Crippen molar-refractivity contribution in [3.63, 3.8) is 0 Å². The highest BCUT2D eigenvalue weighted by Crippen LogP contribution is 2.31. The van der Waals surface area contributed by atoms with E-state index in [4.69, 9.17) is 5.84 Å². The largest absolute Gasteiger partial charge is 0.297 e. The fourth-order valence-corrected chi connectivity index (χ4v) is 3.37. The lowest BCUT2D eigenvalue weighted by Gasteiger charge is -2.46. The maximum absolute atomic E-state index is 5.89. The summed E-state index contributed by atoms with van der Waals surface area (Å²) in [7, 11) is 0. The van der Waals surface area contributed by atoms with Crippen molar-refractivity contribution in [3.8, 4) is 0 Å². The van der Waals surface area contributed by atoms with Crippen LogP contribution in [-0.4, -0.2) is 29.6 Å². The van der Waals surface area contributed by atoms with Crippen LogP contribution in [0.5, 0.6) is 0 Å². The third-order valence-electron chi connectivity index (χ3n) is 4.69. The van der Waals surface area contributed by atoms with Crippen molar-refractivity contribution in [2.24, 2.45) is 5.84 Å². The molecule has 0 heterocycles. The molecule has 1 rings (SSSR count). The summed E-state index contributed by atoms with van der Waals surface area (Å²) in [5.74, 6) is 5.89. The Balaban J connectivity index is 2.97. The zero-order valence-corrected chi connectivity index (χ0v) is 12.6. The molecule has 2 atom stereocenters. The average Bonchev–Trinajstić information content (AvgIpc) is 2.42. The molecule has 2 unspecified atom stereocenters. The molecule has 0 saturated carbocycles. The Morgan fingerprint density at radius 3 is 2.39 bits per heavy atom. The van der Waals surface area contributed by atoms with Gasteiger partial charge in [-0.3, -0.25) is 16.2 Å². The van der Waals surface area contributed by atoms with Gasteiger partial charge in [-0.25, -0.2) is 0 Å². The number of nitrogens with one attached hydrogen (secondary N) is 1. The molecular weight excluding hydrogens is 222 g/mol. The lowest BCUT2D eigenvalue weighted by Crippen LogP contribution is -2.61. The number of nitrogens with zero attached hydrogens (tertiary/aromatic N) is 1. The Hall–Kier alpha value is -0.380. The van der Waals surface area contributed by atoms with Crippen molar-refractivity contribution in [2.75, 3.05) is 13.1 Å². The second-order valence-corrected chi connectivity index (χ2v) is 5.51. The van der Waals surface area contributed by atoms with Gasteiger partial charge in [0.25, 0.3) is 0 Å². The Bertz CT molecular complexity index is 271. The Morgan fingerprint density at radius 1 is 1.33 bits per heavy atom. The smallest absolute Gasteiger partial charge is 0.0601 e. The number of nitrogens with two attached hydrogens (primary N) is 1. The van der Waals surface area contributed by atoms with Crippen molar-refractivity contribution in [1.29, 1.82) is 0 Å². The maximum Gasteiger partial charge on any atom is 0.0601 e. The van der Waals surface area contributed by atoms with Crippen LogP contribution < -0.4 is 11.3 Å². The van der Waals surface area contributed by atoms with E-state index in [0.29, 0.717) is 0 Å². The fraction of sp³-hybridized carbons (Fsp3) is 0.867. The van der Waals surface area contributed by atoms with Gasteiger partial charge < -0.3 is 0 Å². The van der Waals surface area contributed by atoms with E-state index < -0.39 is 0 Å². The normalized spacial score (nSPS) is 21.6. The van der Waals surface area contributed by atoms with E-state index in [2.05, 4.69) is 44.1 Å². The Labute approximate surface area is 113 Å². The van der Waals surface area contributed by atoms with Crippen LogP contribution in [0, 0.1) is 0 Å². The van der Waals surface area contributed by atoms with Crippen molar-refractivity contribution >= 4 is 0 Å². The highest BCUT2D eigenvalue weighted by atomic mass is 15.3.